The van der Waals surface area contributed by atoms with Crippen molar-refractivity contribution in [1.82, 2.24) is 4.98 Å². The molecule has 3 N–H and O–H groups in total. The molecule has 6 heteroatoms. The molecule has 4 nitrogen and oxygen atoms in total. The molecule has 3 aromatic rings. The summed E-state index contributed by atoms with van der Waals surface area (Å²) in [6.07, 6.45) is 4.64. The number of nitrogens with two attached hydrogens (primary N) is 1. The number of hydrogen-bond donors (Lipinski definition) is 2. The van der Waals surface area contributed by atoms with Crippen LogP contribution in [0.2, 0.25) is 5.02 Å². The van der Waals surface area contributed by atoms with Gasteiger partial charge in [0.2, 0.25) is 0 Å². The lowest BCUT2D eigenvalue weighted by Crippen LogP contribution is -2.42. The molecule has 140 valence electrons. The summed E-state index contributed by atoms with van der Waals surface area (Å²) >= 11 is 6.32. The molecule has 1 aliphatic rings. The van der Waals surface area contributed by atoms with Crippen molar-refractivity contribution in [3.05, 3.63) is 75.4 Å². The standard InChI is InChI=1S/C21H20ClFN2O2/c22-18-12-17-13(7-10-25-20(17)26)11-19(18)27-16-5-8-21(24,9-6-16)14-1-3-15(23)4-2-14/h1-4,7,10-12,16H,5-6,8-9,24H2,(H,25,26). The highest BCUT2D eigenvalue weighted by Gasteiger charge is 2.34. The monoisotopic (exact) mass is 386 g/mol. The molecule has 0 amide bonds. The van der Waals surface area contributed by atoms with Gasteiger partial charge < -0.3 is 15.5 Å². The molecule has 4 rings (SSSR count). The van der Waals surface area contributed by atoms with Gasteiger partial charge in [-0.3, -0.25) is 4.79 Å². The number of aromatic nitrogens is 1. The number of rotatable bonds is 3. The van der Waals surface area contributed by atoms with E-state index in [-0.39, 0.29) is 17.5 Å². The van der Waals surface area contributed by atoms with E-state index in [0.717, 1.165) is 36.6 Å². The molecule has 0 aliphatic heterocycles. The van der Waals surface area contributed by atoms with Gasteiger partial charge >= 0.3 is 0 Å². The Balaban J connectivity index is 1.49. The number of nitrogens with one attached hydrogen (secondary N) is 1. The Morgan fingerprint density at radius 3 is 2.56 bits per heavy atom. The minimum atomic E-state index is -0.464. The molecule has 0 saturated heterocycles. The van der Waals surface area contributed by atoms with Crippen LogP contribution in [0.3, 0.4) is 0 Å². The van der Waals surface area contributed by atoms with Gasteiger partial charge in [0.15, 0.2) is 0 Å². The van der Waals surface area contributed by atoms with Gasteiger partial charge in [0, 0.05) is 17.1 Å². The zero-order valence-corrected chi connectivity index (χ0v) is 15.4. The fourth-order valence-electron chi connectivity index (χ4n) is 3.75. The van der Waals surface area contributed by atoms with E-state index in [9.17, 15) is 9.18 Å². The third-order valence-electron chi connectivity index (χ3n) is 5.36. The quantitative estimate of drug-likeness (QED) is 0.696. The number of ether oxygens (including phenoxy) is 1. The van der Waals surface area contributed by atoms with Crippen LogP contribution in [0.1, 0.15) is 31.2 Å². The maximum atomic E-state index is 13.2. The van der Waals surface area contributed by atoms with Gasteiger partial charge in [0.25, 0.3) is 5.56 Å². The summed E-state index contributed by atoms with van der Waals surface area (Å²) in [7, 11) is 0. The second-order valence-corrected chi connectivity index (χ2v) is 7.56. The Morgan fingerprint density at radius 1 is 1.15 bits per heavy atom. The van der Waals surface area contributed by atoms with Gasteiger partial charge in [-0.05, 0) is 67.0 Å². The highest BCUT2D eigenvalue weighted by Crippen LogP contribution is 2.38. The third-order valence-corrected chi connectivity index (χ3v) is 5.66. The average molecular weight is 387 g/mol. The molecule has 2 aromatic carbocycles. The zero-order chi connectivity index (χ0) is 19.0. The van der Waals surface area contributed by atoms with Crippen LogP contribution in [-0.4, -0.2) is 11.1 Å². The van der Waals surface area contributed by atoms with Crippen LogP contribution in [0.5, 0.6) is 5.75 Å². The van der Waals surface area contributed by atoms with Crippen molar-refractivity contribution in [2.45, 2.75) is 37.3 Å². The minimum Gasteiger partial charge on any atom is -0.489 e. The maximum Gasteiger partial charge on any atom is 0.255 e. The fourth-order valence-corrected chi connectivity index (χ4v) is 3.96. The Labute approximate surface area is 161 Å². The van der Waals surface area contributed by atoms with E-state index in [1.807, 2.05) is 6.07 Å². The normalized spacial score (nSPS) is 22.7. The van der Waals surface area contributed by atoms with Gasteiger partial charge in [-0.1, -0.05) is 23.7 Å². The molecule has 1 aliphatic carbocycles. The van der Waals surface area contributed by atoms with Crippen molar-refractivity contribution in [2.75, 3.05) is 0 Å². The van der Waals surface area contributed by atoms with Gasteiger partial charge in [0.05, 0.1) is 11.1 Å². The first-order valence-corrected chi connectivity index (χ1v) is 9.35. The molecule has 1 heterocycles. The lowest BCUT2D eigenvalue weighted by Gasteiger charge is -2.37. The Kier molecular flexibility index (Phi) is 4.66. The van der Waals surface area contributed by atoms with Crippen molar-refractivity contribution >= 4 is 22.4 Å². The molecule has 1 saturated carbocycles. The van der Waals surface area contributed by atoms with Crippen LogP contribution in [0, 0.1) is 5.82 Å². The van der Waals surface area contributed by atoms with Crippen LogP contribution < -0.4 is 16.0 Å². The first-order valence-electron chi connectivity index (χ1n) is 8.97. The number of pyridine rings is 1. The smallest absolute Gasteiger partial charge is 0.255 e. The van der Waals surface area contributed by atoms with E-state index < -0.39 is 5.54 Å². The van der Waals surface area contributed by atoms with Crippen LogP contribution in [0.15, 0.2) is 53.5 Å². The SMILES string of the molecule is NC1(c2ccc(F)cc2)CCC(Oc2cc3cc[nH]c(=O)c3cc2Cl)CC1. The van der Waals surface area contributed by atoms with Crippen molar-refractivity contribution in [3.63, 3.8) is 0 Å². The van der Waals surface area contributed by atoms with Gasteiger partial charge in [0.1, 0.15) is 11.6 Å². The molecular formula is C21H20ClFN2O2. The maximum absolute atomic E-state index is 13.2. The van der Waals surface area contributed by atoms with E-state index in [0.29, 0.717) is 16.2 Å². The summed E-state index contributed by atoms with van der Waals surface area (Å²) < 4.78 is 19.3. The Morgan fingerprint density at radius 2 is 1.85 bits per heavy atom. The summed E-state index contributed by atoms with van der Waals surface area (Å²) in [5.41, 5.74) is 6.87. The molecule has 0 spiro atoms. The van der Waals surface area contributed by atoms with Crippen molar-refractivity contribution in [1.29, 1.82) is 0 Å². The summed E-state index contributed by atoms with van der Waals surface area (Å²) in [6.45, 7) is 0. The van der Waals surface area contributed by atoms with Crippen LogP contribution in [-0.2, 0) is 5.54 Å². The molecule has 0 unspecified atom stereocenters. The molecule has 0 atom stereocenters. The third kappa shape index (κ3) is 3.57. The van der Waals surface area contributed by atoms with E-state index in [1.54, 1.807) is 30.5 Å². The van der Waals surface area contributed by atoms with Gasteiger partial charge in [-0.15, -0.1) is 0 Å². The molecular weight excluding hydrogens is 367 g/mol. The lowest BCUT2D eigenvalue weighted by molar-refractivity contribution is 0.118. The molecule has 0 bridgehead atoms. The van der Waals surface area contributed by atoms with Gasteiger partial charge in [-0.25, -0.2) is 4.39 Å². The van der Waals surface area contributed by atoms with E-state index >= 15 is 0 Å². The number of hydrogen-bond acceptors (Lipinski definition) is 3. The van der Waals surface area contributed by atoms with Crippen LogP contribution in [0.25, 0.3) is 10.8 Å². The number of halogens is 2. The highest BCUT2D eigenvalue weighted by molar-refractivity contribution is 6.32. The highest BCUT2D eigenvalue weighted by atomic mass is 35.5. The average Bonchev–Trinajstić information content (AvgIpc) is 2.66. The predicted octanol–water partition coefficient (Wildman–Crippen LogP) is 4.50. The minimum absolute atomic E-state index is 0.000861. The van der Waals surface area contributed by atoms with E-state index in [4.69, 9.17) is 22.1 Å². The molecule has 1 aromatic heterocycles. The summed E-state index contributed by atoms with van der Waals surface area (Å²) in [5.74, 6) is 0.315. The first kappa shape index (κ1) is 18.0. The number of aromatic amines is 1. The number of H-pyrrole nitrogens is 1. The van der Waals surface area contributed by atoms with Crippen LogP contribution >= 0.6 is 11.6 Å². The molecule has 27 heavy (non-hydrogen) atoms. The van der Waals surface area contributed by atoms with Crippen molar-refractivity contribution in [3.8, 4) is 5.75 Å². The fraction of sp³-hybridized carbons (Fsp3) is 0.286. The summed E-state index contributed by atoms with van der Waals surface area (Å²) in [4.78, 5) is 14.5. The Bertz CT molecular complexity index is 1020. The van der Waals surface area contributed by atoms with E-state index in [2.05, 4.69) is 4.98 Å². The topological polar surface area (TPSA) is 68.1 Å². The number of fused-ring (bicyclic) bond motifs is 1. The predicted molar refractivity (Wildman–Crippen MR) is 105 cm³/mol. The second kappa shape index (κ2) is 6.98. The Hall–Kier alpha value is -2.37. The van der Waals surface area contributed by atoms with Crippen molar-refractivity contribution < 1.29 is 9.13 Å². The molecule has 0 radical (unpaired) electrons. The van der Waals surface area contributed by atoms with E-state index in [1.165, 1.54) is 12.1 Å². The zero-order valence-electron chi connectivity index (χ0n) is 14.7. The van der Waals surface area contributed by atoms with Gasteiger partial charge in [-0.2, -0.15) is 0 Å². The lowest BCUT2D eigenvalue weighted by atomic mass is 9.76. The van der Waals surface area contributed by atoms with Crippen LogP contribution in [0.4, 0.5) is 4.39 Å². The van der Waals surface area contributed by atoms with Crippen molar-refractivity contribution in [2.24, 2.45) is 5.73 Å². The largest absolute Gasteiger partial charge is 0.489 e. The summed E-state index contributed by atoms with van der Waals surface area (Å²) in [6, 6.07) is 11.7. The first-order chi connectivity index (χ1) is 12.9. The second-order valence-electron chi connectivity index (χ2n) is 7.16. The number of benzene rings is 2. The molecule has 1 fully saturated rings. The summed E-state index contributed by atoms with van der Waals surface area (Å²) in [5, 5.41) is 1.74.